The Morgan fingerprint density at radius 1 is 1.15 bits per heavy atom. The van der Waals surface area contributed by atoms with Gasteiger partial charge < -0.3 is 5.32 Å². The number of anilines is 1. The van der Waals surface area contributed by atoms with Crippen LogP contribution in [0.3, 0.4) is 0 Å². The summed E-state index contributed by atoms with van der Waals surface area (Å²) in [6.07, 6.45) is 1.94. The zero-order valence-corrected chi connectivity index (χ0v) is 11.5. The molecular formula is C14H13FN4S. The largest absolute Gasteiger partial charge is 0.384 e. The Morgan fingerprint density at radius 3 is 3.00 bits per heavy atom. The minimum atomic E-state index is -0.230. The molecule has 20 heavy (non-hydrogen) atoms. The van der Waals surface area contributed by atoms with Crippen LogP contribution in [-0.4, -0.2) is 26.9 Å². The van der Waals surface area contributed by atoms with Crippen molar-refractivity contribution in [2.75, 3.05) is 17.6 Å². The zero-order chi connectivity index (χ0) is 13.8. The number of benzene rings is 1. The topological polar surface area (TPSA) is 42.2 Å². The number of halogens is 1. The molecule has 3 aromatic rings. The Bertz CT molecular complexity index is 713. The molecule has 0 aliphatic carbocycles. The van der Waals surface area contributed by atoms with Crippen LogP contribution in [-0.2, 0) is 0 Å². The first kappa shape index (κ1) is 12.9. The van der Waals surface area contributed by atoms with Gasteiger partial charge in [0.25, 0.3) is 0 Å². The second-order valence-electron chi connectivity index (χ2n) is 4.20. The van der Waals surface area contributed by atoms with Gasteiger partial charge in [-0.1, -0.05) is 23.9 Å². The average molecular weight is 288 g/mol. The highest BCUT2D eigenvalue weighted by atomic mass is 32.2. The molecule has 0 atom stereocenters. The molecule has 0 amide bonds. The molecule has 0 aliphatic heterocycles. The molecule has 0 fully saturated rings. The molecule has 1 aromatic carbocycles. The molecule has 102 valence electrons. The maximum absolute atomic E-state index is 13.0. The van der Waals surface area contributed by atoms with Crippen molar-refractivity contribution in [3.05, 3.63) is 54.5 Å². The van der Waals surface area contributed by atoms with Gasteiger partial charge in [-0.25, -0.2) is 4.39 Å². The second-order valence-corrected chi connectivity index (χ2v) is 5.26. The summed E-state index contributed by atoms with van der Waals surface area (Å²) in [5.41, 5.74) is 1.63. The van der Waals surface area contributed by atoms with E-state index >= 15 is 0 Å². The van der Waals surface area contributed by atoms with Crippen molar-refractivity contribution < 1.29 is 4.39 Å². The fraction of sp³-hybridized carbons (Fsp3) is 0.143. The molecule has 4 nitrogen and oxygen atoms in total. The number of thioether (sulfide) groups is 1. The molecule has 0 radical (unpaired) electrons. The molecule has 2 heterocycles. The summed E-state index contributed by atoms with van der Waals surface area (Å²) in [4.78, 5) is 0. The van der Waals surface area contributed by atoms with Crippen LogP contribution in [0.25, 0.3) is 5.65 Å². The summed E-state index contributed by atoms with van der Waals surface area (Å²) >= 11 is 1.61. The van der Waals surface area contributed by atoms with E-state index < -0.39 is 0 Å². The maximum atomic E-state index is 13.0. The lowest BCUT2D eigenvalue weighted by molar-refractivity contribution is 0.628. The SMILES string of the molecule is Fc1cccc(NCCSc2nnc3ccccn23)c1. The minimum Gasteiger partial charge on any atom is -0.384 e. The van der Waals surface area contributed by atoms with Gasteiger partial charge in [0.05, 0.1) is 0 Å². The number of aromatic nitrogens is 3. The van der Waals surface area contributed by atoms with E-state index in [4.69, 9.17) is 0 Å². The Hall–Kier alpha value is -2.08. The summed E-state index contributed by atoms with van der Waals surface area (Å²) < 4.78 is 15.0. The van der Waals surface area contributed by atoms with Crippen LogP contribution in [0.4, 0.5) is 10.1 Å². The molecule has 0 spiro atoms. The number of pyridine rings is 1. The van der Waals surface area contributed by atoms with Crippen LogP contribution in [0.15, 0.2) is 53.8 Å². The predicted molar refractivity (Wildman–Crippen MR) is 78.6 cm³/mol. The fourth-order valence-corrected chi connectivity index (χ4v) is 2.63. The monoisotopic (exact) mass is 288 g/mol. The molecule has 3 rings (SSSR count). The third kappa shape index (κ3) is 2.91. The maximum Gasteiger partial charge on any atom is 0.195 e. The van der Waals surface area contributed by atoms with E-state index in [1.54, 1.807) is 17.8 Å². The number of nitrogens with one attached hydrogen (secondary N) is 1. The van der Waals surface area contributed by atoms with Crippen molar-refractivity contribution in [2.24, 2.45) is 0 Å². The standard InChI is InChI=1S/C14H13FN4S/c15-11-4-3-5-12(10-11)16-7-9-20-14-18-17-13-6-1-2-8-19(13)14/h1-6,8,10,16H,7,9H2. The van der Waals surface area contributed by atoms with Gasteiger partial charge >= 0.3 is 0 Å². The van der Waals surface area contributed by atoms with Crippen LogP contribution in [0.2, 0.25) is 0 Å². The van der Waals surface area contributed by atoms with Crippen LogP contribution in [0.5, 0.6) is 0 Å². The zero-order valence-electron chi connectivity index (χ0n) is 10.7. The first-order chi connectivity index (χ1) is 9.83. The molecule has 0 saturated heterocycles. The number of hydrogen-bond donors (Lipinski definition) is 1. The molecule has 1 N–H and O–H groups in total. The van der Waals surface area contributed by atoms with Crippen molar-refractivity contribution in [3.8, 4) is 0 Å². The normalized spacial score (nSPS) is 10.8. The molecule has 0 bridgehead atoms. The number of nitrogens with zero attached hydrogens (tertiary/aromatic N) is 3. The molecule has 0 unspecified atom stereocenters. The lowest BCUT2D eigenvalue weighted by atomic mass is 10.3. The number of fused-ring (bicyclic) bond motifs is 1. The molecule has 0 aliphatic rings. The van der Waals surface area contributed by atoms with E-state index in [1.165, 1.54) is 12.1 Å². The molecule has 0 saturated carbocycles. The van der Waals surface area contributed by atoms with Crippen molar-refractivity contribution in [3.63, 3.8) is 0 Å². The van der Waals surface area contributed by atoms with E-state index in [2.05, 4.69) is 15.5 Å². The highest BCUT2D eigenvalue weighted by Crippen LogP contribution is 2.16. The van der Waals surface area contributed by atoms with E-state index in [0.717, 1.165) is 28.8 Å². The summed E-state index contributed by atoms with van der Waals surface area (Å²) in [6, 6.07) is 12.3. The summed E-state index contributed by atoms with van der Waals surface area (Å²) in [6.45, 7) is 0.732. The number of rotatable bonds is 5. The van der Waals surface area contributed by atoms with Crippen LogP contribution < -0.4 is 5.32 Å². The van der Waals surface area contributed by atoms with Crippen LogP contribution >= 0.6 is 11.8 Å². The lowest BCUT2D eigenvalue weighted by Gasteiger charge is -2.05. The molecular weight excluding hydrogens is 275 g/mol. The lowest BCUT2D eigenvalue weighted by Crippen LogP contribution is -2.04. The van der Waals surface area contributed by atoms with E-state index in [1.807, 2.05) is 34.9 Å². The highest BCUT2D eigenvalue weighted by molar-refractivity contribution is 7.99. The van der Waals surface area contributed by atoms with E-state index in [-0.39, 0.29) is 5.82 Å². The summed E-state index contributed by atoms with van der Waals surface area (Å²) in [5.74, 6) is 0.595. The Kier molecular flexibility index (Phi) is 3.83. The van der Waals surface area contributed by atoms with Crippen molar-refractivity contribution in [1.82, 2.24) is 14.6 Å². The quantitative estimate of drug-likeness (QED) is 0.579. The van der Waals surface area contributed by atoms with Gasteiger partial charge in [0.15, 0.2) is 10.8 Å². The predicted octanol–water partition coefficient (Wildman–Crippen LogP) is 3.07. The second kappa shape index (κ2) is 5.92. The molecule has 6 heteroatoms. The number of hydrogen-bond acceptors (Lipinski definition) is 4. The van der Waals surface area contributed by atoms with Gasteiger partial charge in [-0.15, -0.1) is 10.2 Å². The Morgan fingerprint density at radius 2 is 2.10 bits per heavy atom. The molecule has 2 aromatic heterocycles. The van der Waals surface area contributed by atoms with Crippen molar-refractivity contribution >= 4 is 23.1 Å². The van der Waals surface area contributed by atoms with Crippen LogP contribution in [0.1, 0.15) is 0 Å². The van der Waals surface area contributed by atoms with Gasteiger partial charge in [-0.3, -0.25) is 4.40 Å². The first-order valence-electron chi connectivity index (χ1n) is 6.25. The average Bonchev–Trinajstić information content (AvgIpc) is 2.87. The van der Waals surface area contributed by atoms with Crippen molar-refractivity contribution in [2.45, 2.75) is 5.16 Å². The summed E-state index contributed by atoms with van der Waals surface area (Å²) in [5, 5.41) is 12.3. The van der Waals surface area contributed by atoms with Gasteiger partial charge in [0, 0.05) is 24.2 Å². The third-order valence-corrected chi connectivity index (χ3v) is 3.71. The minimum absolute atomic E-state index is 0.230. The van der Waals surface area contributed by atoms with Crippen molar-refractivity contribution in [1.29, 1.82) is 0 Å². The van der Waals surface area contributed by atoms with Gasteiger partial charge in [0.1, 0.15) is 5.82 Å². The van der Waals surface area contributed by atoms with E-state index in [0.29, 0.717) is 0 Å². The third-order valence-electron chi connectivity index (χ3n) is 2.77. The smallest absolute Gasteiger partial charge is 0.195 e. The van der Waals surface area contributed by atoms with Gasteiger partial charge in [0.2, 0.25) is 0 Å². The highest BCUT2D eigenvalue weighted by Gasteiger charge is 2.04. The van der Waals surface area contributed by atoms with Gasteiger partial charge in [-0.05, 0) is 30.3 Å². The first-order valence-corrected chi connectivity index (χ1v) is 7.23. The Labute approximate surface area is 120 Å². The fourth-order valence-electron chi connectivity index (χ4n) is 1.85. The van der Waals surface area contributed by atoms with Crippen LogP contribution in [0, 0.1) is 5.82 Å². The van der Waals surface area contributed by atoms with E-state index in [9.17, 15) is 4.39 Å². The summed E-state index contributed by atoms with van der Waals surface area (Å²) in [7, 11) is 0. The Balaban J connectivity index is 1.55. The van der Waals surface area contributed by atoms with Gasteiger partial charge in [-0.2, -0.15) is 0 Å².